The molecule has 2 fully saturated rings. The molecule has 0 aromatic heterocycles. The Hall–Kier alpha value is -2.64. The third-order valence-corrected chi connectivity index (χ3v) is 5.15. The van der Waals surface area contributed by atoms with E-state index < -0.39 is 5.60 Å². The van der Waals surface area contributed by atoms with Crippen LogP contribution in [0.2, 0.25) is 0 Å². The van der Waals surface area contributed by atoms with Gasteiger partial charge in [-0.2, -0.15) is 0 Å². The van der Waals surface area contributed by atoms with Gasteiger partial charge in [-0.25, -0.2) is 9.59 Å². The van der Waals surface area contributed by atoms with Gasteiger partial charge in [-0.1, -0.05) is 0 Å². The van der Waals surface area contributed by atoms with E-state index in [1.807, 2.05) is 18.2 Å². The summed E-state index contributed by atoms with van der Waals surface area (Å²) in [4.78, 5) is 25.7. The minimum Gasteiger partial charge on any atom is -0.497 e. The minimum atomic E-state index is -0.455. The van der Waals surface area contributed by atoms with Crippen molar-refractivity contribution in [1.82, 2.24) is 15.5 Å². The van der Waals surface area contributed by atoms with Crippen LogP contribution in [0.5, 0.6) is 11.5 Å². The summed E-state index contributed by atoms with van der Waals surface area (Å²) in [6, 6.07) is 5.61. The van der Waals surface area contributed by atoms with Gasteiger partial charge in [0, 0.05) is 32.1 Å². The molecular weight excluding hydrogens is 350 g/mol. The summed E-state index contributed by atoms with van der Waals surface area (Å²) in [6.45, 7) is 2.29. The number of hydrogen-bond donors (Lipinski definition) is 2. The molecule has 0 bridgehead atoms. The molecule has 0 radical (unpaired) electrons. The predicted octanol–water partition coefficient (Wildman–Crippen LogP) is 1.92. The number of rotatable bonds is 5. The summed E-state index contributed by atoms with van der Waals surface area (Å²) in [7, 11) is 3.23. The molecule has 3 amide bonds. The number of amides is 3. The molecule has 1 atom stereocenters. The number of benzene rings is 1. The van der Waals surface area contributed by atoms with Crippen molar-refractivity contribution in [3.05, 3.63) is 23.8 Å². The molecule has 2 N–H and O–H groups in total. The highest BCUT2D eigenvalue weighted by atomic mass is 16.6. The van der Waals surface area contributed by atoms with Crippen LogP contribution in [0.4, 0.5) is 9.59 Å². The largest absolute Gasteiger partial charge is 0.497 e. The second-order valence-corrected chi connectivity index (χ2v) is 6.97. The molecule has 0 aliphatic carbocycles. The molecule has 2 heterocycles. The lowest BCUT2D eigenvalue weighted by Crippen LogP contribution is -2.42. The number of carbonyl (C=O) groups excluding carboxylic acids is 2. The Labute approximate surface area is 159 Å². The lowest BCUT2D eigenvalue weighted by atomic mass is 9.95. The van der Waals surface area contributed by atoms with Crippen molar-refractivity contribution < 1.29 is 23.8 Å². The molecule has 2 aliphatic rings. The SMILES string of the molecule is COc1cc(CCNC(=O)N2CCCC3(CC2)CNC(=O)O3)cc(OC)c1. The molecule has 1 aromatic rings. The Morgan fingerprint density at radius 3 is 2.59 bits per heavy atom. The van der Waals surface area contributed by atoms with Crippen LogP contribution >= 0.6 is 0 Å². The van der Waals surface area contributed by atoms with Crippen LogP contribution < -0.4 is 20.1 Å². The number of nitrogens with zero attached hydrogens (tertiary/aromatic N) is 1. The lowest BCUT2D eigenvalue weighted by Gasteiger charge is -2.25. The van der Waals surface area contributed by atoms with E-state index in [0.717, 1.165) is 29.9 Å². The first kappa shape index (κ1) is 19.1. The number of nitrogens with one attached hydrogen (secondary N) is 2. The first-order valence-electron chi connectivity index (χ1n) is 9.25. The maximum Gasteiger partial charge on any atom is 0.407 e. The van der Waals surface area contributed by atoms with Crippen LogP contribution in [0.25, 0.3) is 0 Å². The zero-order chi connectivity index (χ0) is 19.3. The minimum absolute atomic E-state index is 0.0841. The van der Waals surface area contributed by atoms with E-state index in [0.29, 0.717) is 39.0 Å². The van der Waals surface area contributed by atoms with Crippen LogP contribution in [0, 0.1) is 0 Å². The normalized spacial score (nSPS) is 22.0. The fraction of sp³-hybridized carbons (Fsp3) is 0.579. The average molecular weight is 377 g/mol. The van der Waals surface area contributed by atoms with Crippen molar-refractivity contribution in [3.63, 3.8) is 0 Å². The summed E-state index contributed by atoms with van der Waals surface area (Å²) >= 11 is 0. The highest BCUT2D eigenvalue weighted by Crippen LogP contribution is 2.29. The first-order chi connectivity index (χ1) is 13.0. The Kier molecular flexibility index (Phi) is 5.93. The van der Waals surface area contributed by atoms with E-state index in [4.69, 9.17) is 14.2 Å². The van der Waals surface area contributed by atoms with Crippen molar-refractivity contribution in [1.29, 1.82) is 0 Å². The summed E-state index contributed by atoms with van der Waals surface area (Å²) < 4.78 is 16.0. The molecule has 2 saturated heterocycles. The molecule has 0 saturated carbocycles. The van der Waals surface area contributed by atoms with Crippen molar-refractivity contribution in [3.8, 4) is 11.5 Å². The number of alkyl carbamates (subject to hydrolysis) is 1. The fourth-order valence-corrected chi connectivity index (χ4v) is 3.59. The van der Waals surface area contributed by atoms with Crippen LogP contribution in [0.3, 0.4) is 0 Å². The number of ether oxygens (including phenoxy) is 3. The molecule has 1 aromatic carbocycles. The lowest BCUT2D eigenvalue weighted by molar-refractivity contribution is 0.0453. The van der Waals surface area contributed by atoms with Crippen LogP contribution in [0.15, 0.2) is 18.2 Å². The molecule has 8 nitrogen and oxygen atoms in total. The second-order valence-electron chi connectivity index (χ2n) is 6.97. The predicted molar refractivity (Wildman–Crippen MR) is 99.3 cm³/mol. The monoisotopic (exact) mass is 377 g/mol. The molecule has 27 heavy (non-hydrogen) atoms. The van der Waals surface area contributed by atoms with E-state index in [1.54, 1.807) is 19.1 Å². The number of carbonyl (C=O) groups is 2. The van der Waals surface area contributed by atoms with E-state index in [-0.39, 0.29) is 12.1 Å². The molecular formula is C19H27N3O5. The van der Waals surface area contributed by atoms with Crippen molar-refractivity contribution >= 4 is 12.1 Å². The number of methoxy groups -OCH3 is 2. The van der Waals surface area contributed by atoms with Crippen molar-refractivity contribution in [2.75, 3.05) is 40.4 Å². The van der Waals surface area contributed by atoms with E-state index in [1.165, 1.54) is 0 Å². The highest BCUT2D eigenvalue weighted by Gasteiger charge is 2.41. The first-order valence-corrected chi connectivity index (χ1v) is 9.25. The Bertz CT molecular complexity index is 674. The maximum absolute atomic E-state index is 12.5. The highest BCUT2D eigenvalue weighted by molar-refractivity contribution is 5.74. The van der Waals surface area contributed by atoms with Crippen LogP contribution in [-0.2, 0) is 11.2 Å². The smallest absolute Gasteiger partial charge is 0.407 e. The zero-order valence-corrected chi connectivity index (χ0v) is 15.9. The van der Waals surface area contributed by atoms with Crippen LogP contribution in [0.1, 0.15) is 24.8 Å². The number of hydrogen-bond acceptors (Lipinski definition) is 5. The summed E-state index contributed by atoms with van der Waals surface area (Å²) in [5, 5.41) is 5.70. The number of urea groups is 1. The average Bonchev–Trinajstić information content (AvgIpc) is 2.91. The second kappa shape index (κ2) is 8.37. The van der Waals surface area contributed by atoms with Gasteiger partial charge in [-0.15, -0.1) is 0 Å². The van der Waals surface area contributed by atoms with Gasteiger partial charge < -0.3 is 29.7 Å². The van der Waals surface area contributed by atoms with E-state index >= 15 is 0 Å². The van der Waals surface area contributed by atoms with Gasteiger partial charge >= 0.3 is 12.1 Å². The summed E-state index contributed by atoms with van der Waals surface area (Å²) in [6.07, 6.45) is 2.57. The quantitative estimate of drug-likeness (QED) is 0.818. The molecule has 8 heteroatoms. The van der Waals surface area contributed by atoms with Gasteiger partial charge in [0.05, 0.1) is 20.8 Å². The Morgan fingerprint density at radius 2 is 1.96 bits per heavy atom. The summed E-state index contributed by atoms with van der Waals surface area (Å²) in [5.41, 5.74) is 0.578. The molecule has 1 unspecified atom stereocenters. The third kappa shape index (κ3) is 4.75. The summed E-state index contributed by atoms with van der Waals surface area (Å²) in [5.74, 6) is 1.46. The van der Waals surface area contributed by atoms with Gasteiger partial charge in [0.2, 0.25) is 0 Å². The molecule has 1 spiro atoms. The Morgan fingerprint density at radius 1 is 1.22 bits per heavy atom. The fourth-order valence-electron chi connectivity index (χ4n) is 3.59. The Balaban J connectivity index is 1.49. The van der Waals surface area contributed by atoms with Crippen molar-refractivity contribution in [2.45, 2.75) is 31.3 Å². The third-order valence-electron chi connectivity index (χ3n) is 5.15. The van der Waals surface area contributed by atoms with E-state index in [9.17, 15) is 9.59 Å². The van der Waals surface area contributed by atoms with Gasteiger partial charge in [0.25, 0.3) is 0 Å². The van der Waals surface area contributed by atoms with Gasteiger partial charge in [0.1, 0.15) is 17.1 Å². The van der Waals surface area contributed by atoms with Crippen LogP contribution in [-0.4, -0.2) is 63.0 Å². The molecule has 3 rings (SSSR count). The zero-order valence-electron chi connectivity index (χ0n) is 15.9. The molecule has 148 valence electrons. The van der Waals surface area contributed by atoms with Gasteiger partial charge in [-0.3, -0.25) is 0 Å². The van der Waals surface area contributed by atoms with Gasteiger partial charge in [0.15, 0.2) is 0 Å². The van der Waals surface area contributed by atoms with E-state index in [2.05, 4.69) is 10.6 Å². The topological polar surface area (TPSA) is 89.1 Å². The number of likely N-dealkylation sites (tertiary alicyclic amines) is 1. The van der Waals surface area contributed by atoms with Crippen molar-refractivity contribution in [2.24, 2.45) is 0 Å². The maximum atomic E-state index is 12.5. The van der Waals surface area contributed by atoms with Gasteiger partial charge in [-0.05, 0) is 37.0 Å². The standard InChI is InChI=1S/C19H27N3O5/c1-25-15-10-14(11-16(12-15)26-2)4-7-20-17(23)22-8-3-5-19(6-9-22)13-21-18(24)27-19/h10-12H,3-9,13H2,1-2H3,(H,20,23)(H,21,24). The molecule has 2 aliphatic heterocycles.